The summed E-state index contributed by atoms with van der Waals surface area (Å²) in [6.45, 7) is 4.76. The first-order valence-corrected chi connectivity index (χ1v) is 15.4. The van der Waals surface area contributed by atoms with E-state index in [1.165, 1.54) is 91.1 Å². The van der Waals surface area contributed by atoms with Crippen LogP contribution in [0.2, 0.25) is 0 Å². The second-order valence-electron chi connectivity index (χ2n) is 12.3. The molecule has 1 heteroatoms. The second-order valence-corrected chi connectivity index (χ2v) is 13.1. The van der Waals surface area contributed by atoms with E-state index in [0.29, 0.717) is 0 Å². The molecule has 0 aliphatic heterocycles. The number of hydrogen-bond donors (Lipinski definition) is 0. The van der Waals surface area contributed by atoms with E-state index in [1.54, 1.807) is 0 Å². The lowest BCUT2D eigenvalue weighted by atomic mass is 9.73. The normalized spacial score (nSPS) is 15.6. The fraction of sp³-hybridized carbons (Fsp3) is 0.0732. The van der Waals surface area contributed by atoms with Crippen LogP contribution in [0.4, 0.5) is 0 Å². The Hall–Kier alpha value is -4.46. The van der Waals surface area contributed by atoms with Crippen LogP contribution in [0.25, 0.3) is 71.1 Å². The topological polar surface area (TPSA) is 0 Å². The zero-order chi connectivity index (χ0) is 28.2. The zero-order valence-electron chi connectivity index (χ0n) is 23.5. The third-order valence-electron chi connectivity index (χ3n) is 9.41. The lowest BCUT2D eigenvalue weighted by Crippen LogP contribution is -2.28. The summed E-state index contributed by atoms with van der Waals surface area (Å²) in [6, 6.07) is 40.2. The maximum atomic E-state index is 3.94. The predicted octanol–water partition coefficient (Wildman–Crippen LogP) is 10.2. The molecular formula is C41H27Br. The van der Waals surface area contributed by atoms with E-state index < -0.39 is 0 Å². The molecule has 0 heterocycles. The first kappa shape index (κ1) is 24.2. The Bertz CT molecular complexity index is 2480. The summed E-state index contributed by atoms with van der Waals surface area (Å²) >= 11 is 3.94. The van der Waals surface area contributed by atoms with E-state index in [2.05, 4.69) is 157 Å². The highest BCUT2D eigenvalue weighted by atomic mass is 79.9. The Morgan fingerprint density at radius 2 is 0.929 bits per heavy atom. The SMILES string of the molecule is CC1(C)C=C(c2c3ccccc3c(Br)c3ccccc23)C=C2C=c3cc4c5ccccc5c5ccccc5c4cc3=C21. The van der Waals surface area contributed by atoms with Crippen LogP contribution in [-0.4, -0.2) is 0 Å². The minimum atomic E-state index is -0.142. The van der Waals surface area contributed by atoms with E-state index in [0.717, 1.165) is 0 Å². The van der Waals surface area contributed by atoms with Gasteiger partial charge in [-0.3, -0.25) is 0 Å². The second kappa shape index (κ2) is 8.53. The molecule has 198 valence electrons. The summed E-state index contributed by atoms with van der Waals surface area (Å²) in [7, 11) is 0. The van der Waals surface area contributed by atoms with Crippen molar-refractivity contribution < 1.29 is 0 Å². The van der Waals surface area contributed by atoms with E-state index in [1.807, 2.05) is 0 Å². The van der Waals surface area contributed by atoms with Crippen molar-refractivity contribution in [1.29, 1.82) is 0 Å². The van der Waals surface area contributed by atoms with Gasteiger partial charge in [-0.05, 0) is 127 Å². The van der Waals surface area contributed by atoms with Gasteiger partial charge in [-0.2, -0.15) is 0 Å². The van der Waals surface area contributed by atoms with E-state index in [4.69, 9.17) is 0 Å². The highest BCUT2D eigenvalue weighted by Gasteiger charge is 2.32. The first-order chi connectivity index (χ1) is 20.5. The molecule has 0 aromatic heterocycles. The molecule has 0 saturated heterocycles. The van der Waals surface area contributed by atoms with Crippen LogP contribution >= 0.6 is 15.9 Å². The number of rotatable bonds is 1. The first-order valence-electron chi connectivity index (χ1n) is 14.6. The Kier molecular flexibility index (Phi) is 4.91. The average Bonchev–Trinajstić information content (AvgIpc) is 3.39. The van der Waals surface area contributed by atoms with Gasteiger partial charge in [0.05, 0.1) is 0 Å². The van der Waals surface area contributed by atoms with Crippen molar-refractivity contribution in [2.75, 3.05) is 0 Å². The summed E-state index contributed by atoms with van der Waals surface area (Å²) < 4.78 is 1.17. The molecule has 0 saturated carbocycles. The molecule has 0 N–H and O–H groups in total. The lowest BCUT2D eigenvalue weighted by molar-refractivity contribution is 0.647. The van der Waals surface area contributed by atoms with Gasteiger partial charge in [0.1, 0.15) is 0 Å². The summed E-state index contributed by atoms with van der Waals surface area (Å²) in [4.78, 5) is 0. The highest BCUT2D eigenvalue weighted by molar-refractivity contribution is 9.10. The van der Waals surface area contributed by atoms with Gasteiger partial charge in [-0.1, -0.05) is 117 Å². The van der Waals surface area contributed by atoms with Crippen molar-refractivity contribution in [2.45, 2.75) is 13.8 Å². The maximum Gasteiger partial charge on any atom is 0.0332 e. The Balaban J connectivity index is 1.37. The smallest absolute Gasteiger partial charge is 0.0332 e. The summed E-state index contributed by atoms with van der Waals surface area (Å²) in [6.07, 6.45) is 7.36. The van der Waals surface area contributed by atoms with Crippen molar-refractivity contribution in [3.8, 4) is 0 Å². The van der Waals surface area contributed by atoms with Crippen LogP contribution in [0.3, 0.4) is 0 Å². The van der Waals surface area contributed by atoms with Crippen molar-refractivity contribution in [1.82, 2.24) is 0 Å². The summed E-state index contributed by atoms with van der Waals surface area (Å²) in [5.74, 6) is 0. The number of benzene rings is 7. The molecule has 0 spiro atoms. The fourth-order valence-electron chi connectivity index (χ4n) is 7.73. The molecule has 7 aromatic rings. The molecular weight excluding hydrogens is 572 g/mol. The lowest BCUT2D eigenvalue weighted by Gasteiger charge is -2.30. The molecule has 2 aliphatic rings. The molecule has 9 rings (SSSR count). The van der Waals surface area contributed by atoms with Crippen LogP contribution in [0.5, 0.6) is 0 Å². The van der Waals surface area contributed by atoms with Gasteiger partial charge in [0, 0.05) is 9.89 Å². The number of fused-ring (bicyclic) bond motifs is 10. The van der Waals surface area contributed by atoms with E-state index in [9.17, 15) is 0 Å². The number of allylic oxidation sites excluding steroid dienone is 4. The maximum absolute atomic E-state index is 3.94. The van der Waals surface area contributed by atoms with Gasteiger partial charge in [-0.15, -0.1) is 0 Å². The minimum absolute atomic E-state index is 0.142. The molecule has 2 aliphatic carbocycles. The third-order valence-corrected chi connectivity index (χ3v) is 10.3. The fourth-order valence-corrected chi connectivity index (χ4v) is 8.42. The zero-order valence-corrected chi connectivity index (χ0v) is 25.1. The van der Waals surface area contributed by atoms with Gasteiger partial charge < -0.3 is 0 Å². The quantitative estimate of drug-likeness (QED) is 0.130. The van der Waals surface area contributed by atoms with Crippen LogP contribution in [0.15, 0.2) is 131 Å². The van der Waals surface area contributed by atoms with Gasteiger partial charge in [0.25, 0.3) is 0 Å². The Morgan fingerprint density at radius 3 is 1.48 bits per heavy atom. The molecule has 0 bridgehead atoms. The van der Waals surface area contributed by atoms with Crippen LogP contribution in [-0.2, 0) is 0 Å². The number of halogens is 1. The predicted molar refractivity (Wildman–Crippen MR) is 185 cm³/mol. The molecule has 0 radical (unpaired) electrons. The van der Waals surface area contributed by atoms with Gasteiger partial charge in [0.15, 0.2) is 0 Å². The Morgan fingerprint density at radius 1 is 0.476 bits per heavy atom. The Labute approximate surface area is 252 Å². The largest absolute Gasteiger partial charge is 0.0665 e. The third kappa shape index (κ3) is 3.23. The minimum Gasteiger partial charge on any atom is -0.0665 e. The molecule has 0 nitrogen and oxygen atoms in total. The average molecular weight is 600 g/mol. The molecule has 0 fully saturated rings. The molecule has 0 amide bonds. The van der Waals surface area contributed by atoms with Crippen LogP contribution < -0.4 is 10.4 Å². The molecule has 42 heavy (non-hydrogen) atoms. The van der Waals surface area contributed by atoms with E-state index >= 15 is 0 Å². The van der Waals surface area contributed by atoms with Crippen LogP contribution in [0, 0.1) is 5.41 Å². The number of hydrogen-bond acceptors (Lipinski definition) is 0. The highest BCUT2D eigenvalue weighted by Crippen LogP contribution is 2.47. The van der Waals surface area contributed by atoms with Crippen molar-refractivity contribution in [2.24, 2.45) is 5.41 Å². The van der Waals surface area contributed by atoms with Gasteiger partial charge in [-0.25, -0.2) is 0 Å². The van der Waals surface area contributed by atoms with Crippen molar-refractivity contribution in [3.63, 3.8) is 0 Å². The van der Waals surface area contributed by atoms with Crippen molar-refractivity contribution >= 4 is 87.0 Å². The van der Waals surface area contributed by atoms with Crippen molar-refractivity contribution in [3.05, 3.63) is 147 Å². The summed E-state index contributed by atoms with van der Waals surface area (Å²) in [5.41, 5.74) is 5.22. The molecule has 0 unspecified atom stereocenters. The monoisotopic (exact) mass is 598 g/mol. The standard InChI is InChI=1S/C41H27Br/c1-41(2)23-26(38-31-15-7-9-17-33(31)40(42)34-18-10-8-16-32(34)38)20-25-19-24-21-36-29-13-5-3-11-27(29)28-12-4-6-14-30(28)37(36)22-35(24)39(25)41/h3-23H,1-2H3. The molecule has 0 atom stereocenters. The van der Waals surface area contributed by atoms with E-state index in [-0.39, 0.29) is 5.41 Å². The van der Waals surface area contributed by atoms with Gasteiger partial charge in [0.2, 0.25) is 0 Å². The van der Waals surface area contributed by atoms with Gasteiger partial charge >= 0.3 is 0 Å². The van der Waals surface area contributed by atoms with Crippen LogP contribution in [0.1, 0.15) is 19.4 Å². The summed E-state index contributed by atoms with van der Waals surface area (Å²) in [5, 5.41) is 15.7. The molecule has 7 aromatic carbocycles.